The lowest BCUT2D eigenvalue weighted by Crippen LogP contribution is -2.24. The van der Waals surface area contributed by atoms with Crippen molar-refractivity contribution >= 4 is 16.6 Å². The van der Waals surface area contributed by atoms with E-state index in [1.54, 1.807) is 6.20 Å². The summed E-state index contributed by atoms with van der Waals surface area (Å²) < 4.78 is 47.5. The third-order valence-corrected chi connectivity index (χ3v) is 5.25. The van der Waals surface area contributed by atoms with Gasteiger partial charge in [-0.2, -0.15) is 23.5 Å². The van der Waals surface area contributed by atoms with Gasteiger partial charge in [-0.05, 0) is 36.2 Å². The lowest BCUT2D eigenvalue weighted by atomic mass is 10.00. The monoisotopic (exact) mass is 458 g/mol. The standard InChI is InChI=1S/C24H25F3N4O2/c1-3-5-18-21(9-7-19(22(18)32)23(29-2)24(25,26)27)33-13-4-12-31-20-8-6-16(10-11-28)14-17(20)15-30-31/h6-9,14-15,32H,3-5,10,12-13H2,1-2H3. The molecule has 0 saturated carbocycles. The Bertz CT molecular complexity index is 1190. The number of hydrogen-bond donors (Lipinski definition) is 1. The van der Waals surface area contributed by atoms with Crippen molar-refractivity contribution in [1.82, 2.24) is 9.78 Å². The van der Waals surface area contributed by atoms with Gasteiger partial charge in [-0.15, -0.1) is 0 Å². The number of aromatic nitrogens is 2. The smallest absolute Gasteiger partial charge is 0.433 e. The minimum absolute atomic E-state index is 0.303. The zero-order valence-corrected chi connectivity index (χ0v) is 18.5. The molecule has 0 bridgehead atoms. The molecule has 0 unspecified atom stereocenters. The van der Waals surface area contributed by atoms with Gasteiger partial charge in [0.1, 0.15) is 17.2 Å². The molecule has 0 amide bonds. The highest BCUT2D eigenvalue weighted by Crippen LogP contribution is 2.36. The van der Waals surface area contributed by atoms with E-state index in [0.717, 1.165) is 23.5 Å². The van der Waals surface area contributed by atoms with E-state index < -0.39 is 17.6 Å². The van der Waals surface area contributed by atoms with Gasteiger partial charge in [0, 0.05) is 36.5 Å². The van der Waals surface area contributed by atoms with Crippen LogP contribution in [0.3, 0.4) is 0 Å². The summed E-state index contributed by atoms with van der Waals surface area (Å²) in [5.74, 6) is -0.0827. The van der Waals surface area contributed by atoms with Crippen LogP contribution in [0.4, 0.5) is 13.2 Å². The Labute approximate surface area is 189 Å². The zero-order chi connectivity index (χ0) is 24.0. The number of fused-ring (bicyclic) bond motifs is 1. The third-order valence-electron chi connectivity index (χ3n) is 5.25. The second-order valence-electron chi connectivity index (χ2n) is 7.56. The minimum atomic E-state index is -4.67. The molecule has 0 fully saturated rings. The quantitative estimate of drug-likeness (QED) is 0.352. The van der Waals surface area contributed by atoms with Crippen LogP contribution in [0.25, 0.3) is 10.9 Å². The van der Waals surface area contributed by atoms with E-state index in [2.05, 4.69) is 16.2 Å². The fraction of sp³-hybridized carbons (Fsp3) is 0.375. The van der Waals surface area contributed by atoms with Crippen molar-refractivity contribution in [3.05, 3.63) is 53.2 Å². The lowest BCUT2D eigenvalue weighted by Gasteiger charge is -2.17. The molecule has 0 aliphatic rings. The van der Waals surface area contributed by atoms with Crippen LogP contribution < -0.4 is 4.74 Å². The van der Waals surface area contributed by atoms with Gasteiger partial charge in [0.25, 0.3) is 0 Å². The topological polar surface area (TPSA) is 83.4 Å². The second-order valence-corrected chi connectivity index (χ2v) is 7.56. The van der Waals surface area contributed by atoms with Crippen molar-refractivity contribution in [3.8, 4) is 17.6 Å². The maximum absolute atomic E-state index is 13.3. The average Bonchev–Trinajstić information content (AvgIpc) is 3.17. The molecule has 0 spiro atoms. The van der Waals surface area contributed by atoms with Crippen LogP contribution in [0.2, 0.25) is 0 Å². The minimum Gasteiger partial charge on any atom is -0.507 e. The number of phenolic OH excluding ortho intramolecular Hbond substituents is 1. The van der Waals surface area contributed by atoms with Crippen LogP contribution in [0.15, 0.2) is 41.5 Å². The molecule has 1 heterocycles. The van der Waals surface area contributed by atoms with Crippen LogP contribution >= 0.6 is 0 Å². The fourth-order valence-corrected chi connectivity index (χ4v) is 3.75. The Morgan fingerprint density at radius 3 is 2.73 bits per heavy atom. The lowest BCUT2D eigenvalue weighted by molar-refractivity contribution is -0.0582. The number of rotatable bonds is 9. The summed E-state index contributed by atoms with van der Waals surface area (Å²) >= 11 is 0. The predicted molar refractivity (Wildman–Crippen MR) is 120 cm³/mol. The Balaban J connectivity index is 1.71. The van der Waals surface area contributed by atoms with E-state index >= 15 is 0 Å². The first kappa shape index (κ1) is 24.1. The van der Waals surface area contributed by atoms with Gasteiger partial charge in [0.15, 0.2) is 0 Å². The zero-order valence-electron chi connectivity index (χ0n) is 18.5. The predicted octanol–water partition coefficient (Wildman–Crippen LogP) is 5.21. The molecule has 0 radical (unpaired) electrons. The highest BCUT2D eigenvalue weighted by Gasteiger charge is 2.38. The summed E-state index contributed by atoms with van der Waals surface area (Å²) in [5.41, 5.74) is 0.757. The Kier molecular flexibility index (Phi) is 7.59. The van der Waals surface area contributed by atoms with E-state index in [4.69, 9.17) is 10.00 Å². The van der Waals surface area contributed by atoms with E-state index in [1.165, 1.54) is 12.1 Å². The Hall–Kier alpha value is -3.54. The number of aryl methyl sites for hydroxylation is 1. The first-order valence-electron chi connectivity index (χ1n) is 10.6. The molecule has 0 atom stereocenters. The van der Waals surface area contributed by atoms with Gasteiger partial charge >= 0.3 is 6.18 Å². The molecule has 0 aliphatic heterocycles. The van der Waals surface area contributed by atoms with E-state index in [-0.39, 0.29) is 5.56 Å². The molecular formula is C24H25F3N4O2. The summed E-state index contributed by atoms with van der Waals surface area (Å²) in [5, 5.41) is 24.7. The van der Waals surface area contributed by atoms with Gasteiger partial charge in [0.05, 0.1) is 30.8 Å². The number of phenols is 1. The Morgan fingerprint density at radius 2 is 2.06 bits per heavy atom. The maximum Gasteiger partial charge on any atom is 0.433 e. The van der Waals surface area contributed by atoms with Gasteiger partial charge in [-0.1, -0.05) is 19.4 Å². The molecular weight excluding hydrogens is 433 g/mol. The number of aromatic hydroxyl groups is 1. The average molecular weight is 458 g/mol. The molecule has 2 aromatic carbocycles. The summed E-state index contributed by atoms with van der Waals surface area (Å²) in [6.07, 6.45) is -0.964. The van der Waals surface area contributed by atoms with Crippen LogP contribution in [-0.2, 0) is 19.4 Å². The largest absolute Gasteiger partial charge is 0.507 e. The number of aliphatic imine (C=N–C) groups is 1. The SMILES string of the molecule is CCCc1c(OCCCn2ncc3cc(CC#N)ccc32)ccc(C(=NC)C(F)(F)F)c1O. The summed E-state index contributed by atoms with van der Waals surface area (Å²) in [7, 11) is 1.05. The Morgan fingerprint density at radius 1 is 1.27 bits per heavy atom. The second kappa shape index (κ2) is 10.4. The number of halogens is 3. The maximum atomic E-state index is 13.3. The van der Waals surface area contributed by atoms with Crippen molar-refractivity contribution < 1.29 is 23.0 Å². The molecule has 1 N–H and O–H groups in total. The number of benzene rings is 2. The number of nitrogens with zero attached hydrogens (tertiary/aromatic N) is 4. The fourth-order valence-electron chi connectivity index (χ4n) is 3.75. The molecule has 0 aliphatic carbocycles. The normalized spacial score (nSPS) is 12.2. The van der Waals surface area contributed by atoms with Gasteiger partial charge in [-0.3, -0.25) is 9.67 Å². The van der Waals surface area contributed by atoms with Crippen molar-refractivity contribution in [2.75, 3.05) is 13.7 Å². The van der Waals surface area contributed by atoms with Crippen LogP contribution in [0.1, 0.15) is 36.5 Å². The molecule has 3 rings (SSSR count). The molecule has 33 heavy (non-hydrogen) atoms. The molecule has 1 aromatic heterocycles. The van der Waals surface area contributed by atoms with Crippen molar-refractivity contribution in [3.63, 3.8) is 0 Å². The van der Waals surface area contributed by atoms with E-state index in [9.17, 15) is 18.3 Å². The van der Waals surface area contributed by atoms with Crippen molar-refractivity contribution in [2.45, 2.75) is 45.3 Å². The molecule has 9 heteroatoms. The highest BCUT2D eigenvalue weighted by atomic mass is 19.4. The molecule has 3 aromatic rings. The summed E-state index contributed by atoms with van der Waals surface area (Å²) in [6.45, 7) is 2.76. The highest BCUT2D eigenvalue weighted by molar-refractivity contribution is 6.07. The van der Waals surface area contributed by atoms with Gasteiger partial charge in [-0.25, -0.2) is 0 Å². The van der Waals surface area contributed by atoms with E-state index in [0.29, 0.717) is 50.1 Å². The van der Waals surface area contributed by atoms with Crippen molar-refractivity contribution in [1.29, 1.82) is 5.26 Å². The first-order chi connectivity index (χ1) is 15.8. The molecule has 6 nitrogen and oxygen atoms in total. The third kappa shape index (κ3) is 5.45. The number of nitriles is 1. The number of ether oxygens (including phenoxy) is 1. The molecule has 174 valence electrons. The number of alkyl halides is 3. The first-order valence-corrected chi connectivity index (χ1v) is 10.6. The van der Waals surface area contributed by atoms with Crippen LogP contribution in [0.5, 0.6) is 11.5 Å². The van der Waals surface area contributed by atoms with Crippen molar-refractivity contribution in [2.24, 2.45) is 4.99 Å². The summed E-state index contributed by atoms with van der Waals surface area (Å²) in [4.78, 5) is 3.33. The van der Waals surface area contributed by atoms with Gasteiger partial charge < -0.3 is 9.84 Å². The van der Waals surface area contributed by atoms with Gasteiger partial charge in [0.2, 0.25) is 0 Å². The van der Waals surface area contributed by atoms with Crippen LogP contribution in [0, 0.1) is 11.3 Å². The summed E-state index contributed by atoms with van der Waals surface area (Å²) in [6, 6.07) is 10.5. The van der Waals surface area contributed by atoms with E-state index in [1.807, 2.05) is 29.8 Å². The van der Waals surface area contributed by atoms with Crippen LogP contribution in [-0.4, -0.2) is 40.4 Å². The number of hydrogen-bond acceptors (Lipinski definition) is 5. The molecule has 0 saturated heterocycles.